The maximum absolute atomic E-state index is 10.7. The minimum Gasteiger partial charge on any atom is -0.466 e. The second-order valence-electron chi connectivity index (χ2n) is 1.66. The van der Waals surface area contributed by atoms with E-state index in [4.69, 9.17) is 6.57 Å². The van der Waals surface area contributed by atoms with Gasteiger partial charge in [-0.15, -0.1) is 11.8 Å². The predicted molar refractivity (Wildman–Crippen MR) is 38.1 cm³/mol. The zero-order valence-corrected chi connectivity index (χ0v) is 6.20. The largest absolute Gasteiger partial charge is 0.466 e. The maximum Gasteiger partial charge on any atom is 0.337 e. The molecule has 0 spiro atoms. The summed E-state index contributed by atoms with van der Waals surface area (Å²) in [7, 11) is 0. The zero-order valence-electron chi connectivity index (χ0n) is 5.38. The van der Waals surface area contributed by atoms with Gasteiger partial charge in [0.05, 0.1) is 6.57 Å². The molecule has 0 bridgehead atoms. The van der Waals surface area contributed by atoms with Crippen molar-refractivity contribution >= 4 is 17.7 Å². The van der Waals surface area contributed by atoms with Crippen molar-refractivity contribution in [1.82, 2.24) is 0 Å². The third-order valence-electron chi connectivity index (χ3n) is 1.15. The Bertz CT molecular complexity index is 239. The highest BCUT2D eigenvalue weighted by Crippen LogP contribution is 2.24. The Labute approximate surface area is 62.9 Å². The Hall–Kier alpha value is -0.950. The Kier molecular flexibility index (Phi) is 1.97. The van der Waals surface area contributed by atoms with Crippen molar-refractivity contribution < 1.29 is 9.53 Å². The summed E-state index contributed by atoms with van der Waals surface area (Å²) in [6.45, 7) is 6.89. The number of hydrogen-bond acceptors (Lipinski definition) is 3. The highest BCUT2D eigenvalue weighted by Gasteiger charge is 2.24. The van der Waals surface area contributed by atoms with Crippen LogP contribution in [-0.2, 0) is 9.53 Å². The van der Waals surface area contributed by atoms with Gasteiger partial charge in [0, 0.05) is 4.91 Å². The summed E-state index contributed by atoms with van der Waals surface area (Å²) in [6.07, 6.45) is 1.82. The van der Waals surface area contributed by atoms with E-state index in [2.05, 4.69) is 9.58 Å². The fourth-order valence-electron chi connectivity index (χ4n) is 0.645. The fourth-order valence-corrected chi connectivity index (χ4v) is 1.14. The minimum absolute atomic E-state index is 0.146. The van der Waals surface area contributed by atoms with Crippen LogP contribution in [-0.4, -0.2) is 18.8 Å². The van der Waals surface area contributed by atoms with Crippen LogP contribution in [0.2, 0.25) is 0 Å². The fraction of sp³-hybridized carbons (Fsp3) is 0.333. The average Bonchev–Trinajstić information content (AvgIpc) is 2.30. The maximum atomic E-state index is 10.7. The summed E-state index contributed by atoms with van der Waals surface area (Å²) in [5.41, 5.74) is 0.146. The highest BCUT2D eigenvalue weighted by atomic mass is 32.2. The quantitative estimate of drug-likeness (QED) is 0.418. The second kappa shape index (κ2) is 2.76. The first-order chi connectivity index (χ1) is 4.79. The van der Waals surface area contributed by atoms with Crippen LogP contribution < -0.4 is 0 Å². The lowest BCUT2D eigenvalue weighted by atomic mass is 10.5. The lowest BCUT2D eigenvalue weighted by Gasteiger charge is -1.90. The summed E-state index contributed by atoms with van der Waals surface area (Å²) >= 11 is 1.39. The molecular formula is C6H5NO2S. The molecule has 10 heavy (non-hydrogen) atoms. The molecule has 1 aliphatic heterocycles. The zero-order chi connectivity index (χ0) is 7.56. The van der Waals surface area contributed by atoms with Crippen molar-refractivity contribution in [3.8, 4) is 0 Å². The first-order valence-electron chi connectivity index (χ1n) is 2.61. The number of ether oxygens (including phenoxy) is 1. The molecule has 0 fully saturated rings. The molecule has 0 N–H and O–H groups in total. The SMILES string of the molecule is [C-]#[N+]C1=C(SC)COC1=O. The smallest absolute Gasteiger partial charge is 0.337 e. The van der Waals surface area contributed by atoms with Crippen molar-refractivity contribution in [2.24, 2.45) is 0 Å². The summed E-state index contributed by atoms with van der Waals surface area (Å²) in [4.78, 5) is 14.5. The Morgan fingerprint density at radius 3 is 2.90 bits per heavy atom. The molecule has 0 radical (unpaired) electrons. The number of carbonyl (C=O) groups excluding carboxylic acids is 1. The van der Waals surface area contributed by atoms with Gasteiger partial charge >= 0.3 is 5.97 Å². The number of carbonyl (C=O) groups is 1. The summed E-state index contributed by atoms with van der Waals surface area (Å²) in [5.74, 6) is -0.487. The van der Waals surface area contributed by atoms with E-state index in [1.54, 1.807) is 0 Å². The molecule has 1 rings (SSSR count). The number of esters is 1. The normalized spacial score (nSPS) is 17.0. The predicted octanol–water partition coefficient (Wildman–Crippen LogP) is 1.04. The van der Waals surface area contributed by atoms with E-state index in [1.807, 2.05) is 6.26 Å². The number of nitrogens with zero attached hydrogens (tertiary/aromatic N) is 1. The third-order valence-corrected chi connectivity index (χ3v) is 1.95. The molecule has 0 saturated carbocycles. The highest BCUT2D eigenvalue weighted by molar-refractivity contribution is 8.02. The van der Waals surface area contributed by atoms with Crippen LogP contribution in [0.5, 0.6) is 0 Å². The lowest BCUT2D eigenvalue weighted by molar-refractivity contribution is -0.135. The molecule has 0 atom stereocenters. The van der Waals surface area contributed by atoms with Gasteiger partial charge in [-0.05, 0) is 6.26 Å². The van der Waals surface area contributed by atoms with E-state index in [9.17, 15) is 4.79 Å². The molecule has 1 heterocycles. The monoisotopic (exact) mass is 155 g/mol. The topological polar surface area (TPSA) is 30.7 Å². The van der Waals surface area contributed by atoms with Crippen molar-refractivity contribution in [3.63, 3.8) is 0 Å². The number of rotatable bonds is 1. The van der Waals surface area contributed by atoms with Gasteiger partial charge in [-0.1, -0.05) is 0 Å². The van der Waals surface area contributed by atoms with Gasteiger partial charge in [-0.25, -0.2) is 4.85 Å². The van der Waals surface area contributed by atoms with Crippen LogP contribution in [0, 0.1) is 6.57 Å². The molecule has 4 heteroatoms. The van der Waals surface area contributed by atoms with Crippen molar-refractivity contribution in [2.75, 3.05) is 12.9 Å². The molecule has 3 nitrogen and oxygen atoms in total. The van der Waals surface area contributed by atoms with Gasteiger partial charge in [0.2, 0.25) is 0 Å². The molecule has 0 unspecified atom stereocenters. The van der Waals surface area contributed by atoms with Gasteiger partial charge in [0.1, 0.15) is 6.61 Å². The van der Waals surface area contributed by atoms with Crippen molar-refractivity contribution in [3.05, 3.63) is 22.0 Å². The van der Waals surface area contributed by atoms with E-state index in [-0.39, 0.29) is 12.3 Å². The third kappa shape index (κ3) is 1.00. The van der Waals surface area contributed by atoms with Crippen LogP contribution in [0.15, 0.2) is 10.6 Å². The molecule has 1 aliphatic rings. The van der Waals surface area contributed by atoms with E-state index < -0.39 is 5.97 Å². The van der Waals surface area contributed by atoms with Gasteiger partial charge in [0.25, 0.3) is 5.70 Å². The molecule has 52 valence electrons. The average molecular weight is 155 g/mol. The van der Waals surface area contributed by atoms with E-state index in [1.165, 1.54) is 11.8 Å². The molecule has 0 aliphatic carbocycles. The molecule has 0 aromatic carbocycles. The van der Waals surface area contributed by atoms with Crippen LogP contribution in [0.1, 0.15) is 0 Å². The summed E-state index contributed by atoms with van der Waals surface area (Å²) in [6, 6.07) is 0. The lowest BCUT2D eigenvalue weighted by Crippen LogP contribution is -1.94. The molecule has 0 aromatic heterocycles. The Morgan fingerprint density at radius 2 is 2.50 bits per heavy atom. The minimum atomic E-state index is -0.487. The second-order valence-corrected chi connectivity index (χ2v) is 2.56. The van der Waals surface area contributed by atoms with E-state index in [0.717, 1.165) is 4.91 Å². The van der Waals surface area contributed by atoms with Crippen LogP contribution >= 0.6 is 11.8 Å². The molecular weight excluding hydrogens is 150 g/mol. The van der Waals surface area contributed by atoms with Gasteiger partial charge in [-0.2, -0.15) is 0 Å². The van der Waals surface area contributed by atoms with Gasteiger partial charge in [0.15, 0.2) is 0 Å². The van der Waals surface area contributed by atoms with Crippen LogP contribution in [0.4, 0.5) is 0 Å². The summed E-state index contributed by atoms with van der Waals surface area (Å²) in [5, 5.41) is 0. The van der Waals surface area contributed by atoms with Gasteiger partial charge < -0.3 is 4.74 Å². The standard InChI is InChI=1S/C6H5NO2S/c1-7-5-4(10-2)3-9-6(5)8/h3H2,2H3. The van der Waals surface area contributed by atoms with Crippen molar-refractivity contribution in [2.45, 2.75) is 0 Å². The number of thioether (sulfide) groups is 1. The van der Waals surface area contributed by atoms with Crippen molar-refractivity contribution in [1.29, 1.82) is 0 Å². The molecule has 0 amide bonds. The first-order valence-corrected chi connectivity index (χ1v) is 3.83. The Morgan fingerprint density at radius 1 is 1.80 bits per heavy atom. The first kappa shape index (κ1) is 7.16. The van der Waals surface area contributed by atoms with Crippen LogP contribution in [0.25, 0.3) is 4.85 Å². The van der Waals surface area contributed by atoms with Gasteiger partial charge in [-0.3, -0.25) is 4.79 Å². The number of cyclic esters (lactones) is 1. The molecule has 0 aromatic rings. The molecule has 0 saturated heterocycles. The Balaban J connectivity index is 2.95. The van der Waals surface area contributed by atoms with E-state index in [0.29, 0.717) is 0 Å². The summed E-state index contributed by atoms with van der Waals surface area (Å²) < 4.78 is 4.61. The number of hydrogen-bond donors (Lipinski definition) is 0. The van der Waals surface area contributed by atoms with Crippen LogP contribution in [0.3, 0.4) is 0 Å². The van der Waals surface area contributed by atoms with E-state index >= 15 is 0 Å².